The summed E-state index contributed by atoms with van der Waals surface area (Å²) in [6.45, 7) is 1.55. The molecule has 0 heterocycles. The van der Waals surface area contributed by atoms with Gasteiger partial charge in [-0.2, -0.15) is 0 Å². The van der Waals surface area contributed by atoms with Gasteiger partial charge < -0.3 is 4.74 Å². The predicted molar refractivity (Wildman–Crippen MR) is 64.5 cm³/mol. The van der Waals surface area contributed by atoms with E-state index < -0.39 is 0 Å². The number of ether oxygens (including phenoxy) is 1. The smallest absolute Gasteiger partial charge is 0.172 e. The zero-order valence-electron chi connectivity index (χ0n) is 9.98. The van der Waals surface area contributed by atoms with Crippen LogP contribution >= 0.6 is 0 Å². The van der Waals surface area contributed by atoms with E-state index in [1.54, 1.807) is 7.11 Å². The molecule has 88 valence electrons. The molecule has 0 N–H and O–H groups in total. The molecule has 0 spiro atoms. The van der Waals surface area contributed by atoms with Gasteiger partial charge in [0.15, 0.2) is 5.78 Å². The number of Topliss-reactive ketones (excluding diaryl/α,β-unsaturated/α-hetero) is 1. The normalized spacial score (nSPS) is 10.7. The van der Waals surface area contributed by atoms with Gasteiger partial charge in [0.2, 0.25) is 0 Å². The Kier molecular flexibility index (Phi) is 5.75. The highest BCUT2D eigenvalue weighted by Crippen LogP contribution is 2.00. The number of likely N-dealkylation sites (N-methyl/N-ethyl adjacent to an activating group) is 1. The Labute approximate surface area is 97.0 Å². The number of ketones is 1. The van der Waals surface area contributed by atoms with Crippen molar-refractivity contribution >= 4 is 5.78 Å². The van der Waals surface area contributed by atoms with Crippen LogP contribution in [0.3, 0.4) is 0 Å². The number of methoxy groups -OCH3 is 1. The molecule has 16 heavy (non-hydrogen) atoms. The van der Waals surface area contributed by atoms with Crippen LogP contribution < -0.4 is 0 Å². The van der Waals surface area contributed by atoms with Crippen LogP contribution in [0.15, 0.2) is 30.3 Å². The molecule has 1 aromatic rings. The molecule has 0 radical (unpaired) electrons. The molecule has 0 unspecified atom stereocenters. The SMILES string of the molecule is COCC(=O)CN(C)CCc1ccccc1. The van der Waals surface area contributed by atoms with Crippen LogP contribution in [0, 0.1) is 0 Å². The number of carbonyl (C=O) groups is 1. The van der Waals surface area contributed by atoms with Crippen molar-refractivity contribution in [3.05, 3.63) is 35.9 Å². The number of carbonyl (C=O) groups excluding carboxylic acids is 1. The van der Waals surface area contributed by atoms with Gasteiger partial charge in [-0.05, 0) is 19.0 Å². The Hall–Kier alpha value is -1.19. The van der Waals surface area contributed by atoms with Gasteiger partial charge in [0.05, 0.1) is 6.54 Å². The summed E-state index contributed by atoms with van der Waals surface area (Å²) in [5, 5.41) is 0. The Morgan fingerprint density at radius 2 is 2.00 bits per heavy atom. The summed E-state index contributed by atoms with van der Waals surface area (Å²) in [6.07, 6.45) is 0.970. The van der Waals surface area contributed by atoms with Crippen molar-refractivity contribution in [2.75, 3.05) is 33.9 Å². The van der Waals surface area contributed by atoms with E-state index in [4.69, 9.17) is 4.74 Å². The Morgan fingerprint density at radius 1 is 1.31 bits per heavy atom. The molecule has 0 fully saturated rings. The van der Waals surface area contributed by atoms with Gasteiger partial charge in [-0.15, -0.1) is 0 Å². The van der Waals surface area contributed by atoms with E-state index in [-0.39, 0.29) is 12.4 Å². The second-order valence-corrected chi connectivity index (χ2v) is 3.95. The first-order chi connectivity index (χ1) is 7.72. The third-order valence-electron chi connectivity index (χ3n) is 2.38. The van der Waals surface area contributed by atoms with Crippen molar-refractivity contribution in [2.45, 2.75) is 6.42 Å². The third kappa shape index (κ3) is 5.05. The zero-order valence-corrected chi connectivity index (χ0v) is 9.98. The van der Waals surface area contributed by atoms with Gasteiger partial charge in [-0.25, -0.2) is 0 Å². The molecule has 0 aliphatic heterocycles. The summed E-state index contributed by atoms with van der Waals surface area (Å²) < 4.78 is 4.79. The van der Waals surface area contributed by atoms with Crippen LogP contribution in [0.25, 0.3) is 0 Å². The fourth-order valence-corrected chi connectivity index (χ4v) is 1.55. The second-order valence-electron chi connectivity index (χ2n) is 3.95. The van der Waals surface area contributed by atoms with Crippen molar-refractivity contribution in [2.24, 2.45) is 0 Å². The van der Waals surface area contributed by atoms with Crippen molar-refractivity contribution in [3.63, 3.8) is 0 Å². The number of hydrogen-bond donors (Lipinski definition) is 0. The predicted octanol–water partition coefficient (Wildman–Crippen LogP) is 1.38. The van der Waals surface area contributed by atoms with E-state index in [0.29, 0.717) is 6.54 Å². The number of rotatable bonds is 7. The molecule has 1 aromatic carbocycles. The quantitative estimate of drug-likeness (QED) is 0.696. The number of nitrogens with zero attached hydrogens (tertiary/aromatic N) is 1. The first-order valence-electron chi connectivity index (χ1n) is 5.45. The van der Waals surface area contributed by atoms with Crippen LogP contribution in [0.2, 0.25) is 0 Å². The Bertz CT molecular complexity index is 311. The summed E-state index contributed by atoms with van der Waals surface area (Å²) >= 11 is 0. The lowest BCUT2D eigenvalue weighted by Crippen LogP contribution is -2.29. The monoisotopic (exact) mass is 221 g/mol. The van der Waals surface area contributed by atoms with E-state index in [0.717, 1.165) is 13.0 Å². The molecule has 3 heteroatoms. The molecule has 0 bridgehead atoms. The molecule has 0 amide bonds. The standard InChI is InChI=1S/C13H19NO2/c1-14(10-13(15)11-16-2)9-8-12-6-4-3-5-7-12/h3-7H,8-11H2,1-2H3. The van der Waals surface area contributed by atoms with Gasteiger partial charge in [0, 0.05) is 13.7 Å². The fraction of sp³-hybridized carbons (Fsp3) is 0.462. The van der Waals surface area contributed by atoms with Crippen LogP contribution in [-0.2, 0) is 16.0 Å². The van der Waals surface area contributed by atoms with Crippen LogP contribution in [0.5, 0.6) is 0 Å². The highest BCUT2D eigenvalue weighted by Gasteiger charge is 2.05. The molecule has 0 saturated heterocycles. The molecule has 0 saturated carbocycles. The van der Waals surface area contributed by atoms with Gasteiger partial charge in [0.25, 0.3) is 0 Å². The summed E-state index contributed by atoms with van der Waals surface area (Å²) in [7, 11) is 3.50. The zero-order chi connectivity index (χ0) is 11.8. The van der Waals surface area contributed by atoms with E-state index >= 15 is 0 Å². The maximum atomic E-state index is 11.3. The first kappa shape index (κ1) is 12.9. The summed E-state index contributed by atoms with van der Waals surface area (Å²) in [6, 6.07) is 10.3. The summed E-state index contributed by atoms with van der Waals surface area (Å²) in [5.41, 5.74) is 1.30. The molecule has 0 aliphatic rings. The maximum absolute atomic E-state index is 11.3. The average molecular weight is 221 g/mol. The molecular formula is C13H19NO2. The van der Waals surface area contributed by atoms with Gasteiger partial charge in [-0.3, -0.25) is 9.69 Å². The summed E-state index contributed by atoms with van der Waals surface area (Å²) in [4.78, 5) is 13.3. The Balaban J connectivity index is 2.25. The third-order valence-corrected chi connectivity index (χ3v) is 2.38. The lowest BCUT2D eigenvalue weighted by Gasteiger charge is -2.15. The van der Waals surface area contributed by atoms with E-state index in [1.807, 2.05) is 30.1 Å². The van der Waals surface area contributed by atoms with Crippen molar-refractivity contribution < 1.29 is 9.53 Å². The van der Waals surface area contributed by atoms with Crippen molar-refractivity contribution in [1.82, 2.24) is 4.90 Å². The highest BCUT2D eigenvalue weighted by molar-refractivity contribution is 5.81. The van der Waals surface area contributed by atoms with Crippen LogP contribution in [0.4, 0.5) is 0 Å². The first-order valence-corrected chi connectivity index (χ1v) is 5.45. The average Bonchev–Trinajstić information content (AvgIpc) is 2.28. The van der Waals surface area contributed by atoms with Gasteiger partial charge in [-0.1, -0.05) is 30.3 Å². The topological polar surface area (TPSA) is 29.5 Å². The molecule has 0 atom stereocenters. The van der Waals surface area contributed by atoms with Gasteiger partial charge >= 0.3 is 0 Å². The van der Waals surface area contributed by atoms with Crippen LogP contribution in [-0.4, -0.2) is 44.5 Å². The minimum absolute atomic E-state index is 0.123. The number of benzene rings is 1. The lowest BCUT2D eigenvalue weighted by atomic mass is 10.1. The minimum atomic E-state index is 0.123. The largest absolute Gasteiger partial charge is 0.377 e. The minimum Gasteiger partial charge on any atom is -0.377 e. The fourth-order valence-electron chi connectivity index (χ4n) is 1.55. The van der Waals surface area contributed by atoms with E-state index in [2.05, 4.69) is 12.1 Å². The number of hydrogen-bond acceptors (Lipinski definition) is 3. The molecule has 0 aliphatic carbocycles. The van der Waals surface area contributed by atoms with E-state index in [1.165, 1.54) is 5.56 Å². The van der Waals surface area contributed by atoms with Gasteiger partial charge in [0.1, 0.15) is 6.61 Å². The maximum Gasteiger partial charge on any atom is 0.172 e. The van der Waals surface area contributed by atoms with Crippen LogP contribution in [0.1, 0.15) is 5.56 Å². The highest BCUT2D eigenvalue weighted by atomic mass is 16.5. The summed E-state index contributed by atoms with van der Waals surface area (Å²) in [5.74, 6) is 0.123. The lowest BCUT2D eigenvalue weighted by molar-refractivity contribution is -0.123. The Morgan fingerprint density at radius 3 is 2.62 bits per heavy atom. The molecule has 0 aromatic heterocycles. The van der Waals surface area contributed by atoms with Crippen molar-refractivity contribution in [3.8, 4) is 0 Å². The molecular weight excluding hydrogens is 202 g/mol. The van der Waals surface area contributed by atoms with Crippen molar-refractivity contribution in [1.29, 1.82) is 0 Å². The van der Waals surface area contributed by atoms with E-state index in [9.17, 15) is 4.79 Å². The molecule has 3 nitrogen and oxygen atoms in total. The molecule has 1 rings (SSSR count). The second kappa shape index (κ2) is 7.14.